The number of anilines is 1. The van der Waals surface area contributed by atoms with Gasteiger partial charge in [0.05, 0.1) is 10.7 Å². The maximum Gasteiger partial charge on any atom is 0.332 e. The van der Waals surface area contributed by atoms with E-state index in [1.165, 1.54) is 28.8 Å². The summed E-state index contributed by atoms with van der Waals surface area (Å²) in [7, 11) is 0. The number of halogens is 2. The lowest BCUT2D eigenvalue weighted by Crippen LogP contribution is -2.49. The minimum atomic E-state index is -0.619. The number of nitrogens with zero attached hydrogens (tertiary/aromatic N) is 2. The van der Waals surface area contributed by atoms with Crippen LogP contribution in [0.3, 0.4) is 0 Å². The number of nitrogens with one attached hydrogen (secondary N) is 1. The first kappa shape index (κ1) is 20.7. The van der Waals surface area contributed by atoms with Crippen LogP contribution < -0.4 is 10.2 Å². The van der Waals surface area contributed by atoms with Gasteiger partial charge < -0.3 is 10.2 Å². The number of imide groups is 1. The summed E-state index contributed by atoms with van der Waals surface area (Å²) in [4.78, 5) is 42.1. The van der Waals surface area contributed by atoms with Crippen molar-refractivity contribution >= 4 is 46.9 Å². The zero-order chi connectivity index (χ0) is 21.4. The number of urea groups is 1. The summed E-state index contributed by atoms with van der Waals surface area (Å²) in [6.45, 7) is 0.364. The smallest absolute Gasteiger partial charge is 0.332 e. The van der Waals surface area contributed by atoms with Crippen molar-refractivity contribution in [1.29, 1.82) is 0 Å². The van der Waals surface area contributed by atoms with E-state index in [1.54, 1.807) is 11.0 Å². The number of fused-ring (bicyclic) bond motifs is 1. The molecule has 4 amide bonds. The van der Waals surface area contributed by atoms with Crippen LogP contribution in [0, 0.1) is 5.82 Å². The quantitative estimate of drug-likeness (QED) is 0.569. The lowest BCUT2D eigenvalue weighted by atomic mass is 9.97. The van der Waals surface area contributed by atoms with E-state index >= 15 is 0 Å². The summed E-state index contributed by atoms with van der Waals surface area (Å²) in [6, 6.07) is 9.82. The van der Waals surface area contributed by atoms with E-state index in [0.29, 0.717) is 25.1 Å². The van der Waals surface area contributed by atoms with Gasteiger partial charge in [0.25, 0.3) is 11.8 Å². The Morgan fingerprint density at radius 2 is 2.03 bits per heavy atom. The predicted molar refractivity (Wildman–Crippen MR) is 113 cm³/mol. The molecular formula is C21H19ClFN3O3S. The molecule has 30 heavy (non-hydrogen) atoms. The summed E-state index contributed by atoms with van der Waals surface area (Å²) >= 11 is 7.29. The van der Waals surface area contributed by atoms with E-state index in [1.807, 2.05) is 24.5 Å². The van der Waals surface area contributed by atoms with Gasteiger partial charge in [0, 0.05) is 23.0 Å². The van der Waals surface area contributed by atoms with Gasteiger partial charge in [-0.1, -0.05) is 17.7 Å². The normalized spacial score (nSPS) is 21.0. The van der Waals surface area contributed by atoms with E-state index in [4.69, 9.17) is 11.6 Å². The van der Waals surface area contributed by atoms with Crippen LogP contribution in [0.25, 0.3) is 0 Å². The number of hydrogen-bond donors (Lipinski definition) is 1. The number of benzene rings is 2. The SMILES string of the molecule is CSc1cccc(N2C(=O)[C@@H]3C[C@@H](NC(=O)c4ccc(F)c(Cl)c4)CCN3C2=O)c1. The number of piperidine rings is 1. The molecule has 0 bridgehead atoms. The van der Waals surface area contributed by atoms with Crippen LogP contribution in [-0.4, -0.2) is 47.6 Å². The van der Waals surface area contributed by atoms with Crippen molar-refractivity contribution in [3.05, 3.63) is 58.9 Å². The van der Waals surface area contributed by atoms with Crippen molar-refractivity contribution < 1.29 is 18.8 Å². The fraction of sp³-hybridized carbons (Fsp3) is 0.286. The van der Waals surface area contributed by atoms with Gasteiger partial charge in [-0.05, 0) is 55.5 Å². The molecule has 0 saturated carbocycles. The van der Waals surface area contributed by atoms with Crippen molar-refractivity contribution in [2.45, 2.75) is 29.8 Å². The first-order valence-electron chi connectivity index (χ1n) is 9.43. The number of amides is 4. The number of rotatable bonds is 4. The van der Waals surface area contributed by atoms with Gasteiger partial charge in [-0.25, -0.2) is 14.1 Å². The van der Waals surface area contributed by atoms with E-state index in [9.17, 15) is 18.8 Å². The van der Waals surface area contributed by atoms with Crippen LogP contribution in [0.2, 0.25) is 5.02 Å². The minimum absolute atomic E-state index is 0.128. The van der Waals surface area contributed by atoms with E-state index in [0.717, 1.165) is 11.0 Å². The highest BCUT2D eigenvalue weighted by Crippen LogP contribution is 2.32. The van der Waals surface area contributed by atoms with Crippen LogP contribution in [0.1, 0.15) is 23.2 Å². The molecular weight excluding hydrogens is 429 g/mol. The van der Waals surface area contributed by atoms with Crippen molar-refractivity contribution in [2.24, 2.45) is 0 Å². The standard InChI is InChI=1S/C21H19ClFN3O3S/c1-30-15-4-2-3-14(11-15)26-20(28)18-10-13(7-8-25(18)21(26)29)24-19(27)12-5-6-17(23)16(22)9-12/h2-6,9,11,13,18H,7-8,10H2,1H3,(H,24,27)/t13-,18-/m0/s1. The molecule has 156 valence electrons. The minimum Gasteiger partial charge on any atom is -0.349 e. The number of carbonyl (C=O) groups excluding carboxylic acids is 3. The Bertz CT molecular complexity index is 1030. The highest BCUT2D eigenvalue weighted by molar-refractivity contribution is 7.98. The van der Waals surface area contributed by atoms with Gasteiger partial charge in [0.1, 0.15) is 11.9 Å². The molecule has 2 fully saturated rings. The second-order valence-electron chi connectivity index (χ2n) is 7.19. The number of thioether (sulfide) groups is 1. The molecule has 0 aliphatic carbocycles. The molecule has 2 aliphatic rings. The molecule has 2 aromatic rings. The molecule has 2 aliphatic heterocycles. The molecule has 2 aromatic carbocycles. The molecule has 2 heterocycles. The Morgan fingerprint density at radius 1 is 1.23 bits per heavy atom. The summed E-state index contributed by atoms with van der Waals surface area (Å²) in [5.74, 6) is -1.28. The molecule has 2 saturated heterocycles. The molecule has 6 nitrogen and oxygen atoms in total. The number of carbonyl (C=O) groups is 3. The van der Waals surface area contributed by atoms with E-state index in [2.05, 4.69) is 5.32 Å². The second kappa shape index (κ2) is 8.28. The van der Waals surface area contributed by atoms with Crippen LogP contribution in [0.15, 0.2) is 47.4 Å². The molecule has 0 unspecified atom stereocenters. The van der Waals surface area contributed by atoms with Gasteiger partial charge in [-0.15, -0.1) is 11.8 Å². The summed E-state index contributed by atoms with van der Waals surface area (Å²) in [5, 5.41) is 2.74. The van der Waals surface area contributed by atoms with Crippen LogP contribution in [-0.2, 0) is 4.79 Å². The maximum absolute atomic E-state index is 13.3. The largest absolute Gasteiger partial charge is 0.349 e. The average Bonchev–Trinajstić information content (AvgIpc) is 2.99. The molecule has 0 radical (unpaired) electrons. The first-order chi connectivity index (χ1) is 14.4. The zero-order valence-corrected chi connectivity index (χ0v) is 17.7. The molecule has 0 spiro atoms. The predicted octanol–water partition coefficient (Wildman–Crippen LogP) is 3.93. The van der Waals surface area contributed by atoms with Gasteiger partial charge >= 0.3 is 6.03 Å². The van der Waals surface area contributed by atoms with Crippen LogP contribution >= 0.6 is 23.4 Å². The third kappa shape index (κ3) is 3.77. The Balaban J connectivity index is 1.48. The molecule has 0 aromatic heterocycles. The Hall–Kier alpha value is -2.58. The fourth-order valence-corrected chi connectivity index (χ4v) is 4.46. The Kier molecular flexibility index (Phi) is 5.71. The molecule has 9 heteroatoms. The second-order valence-corrected chi connectivity index (χ2v) is 8.48. The average molecular weight is 448 g/mol. The third-order valence-electron chi connectivity index (χ3n) is 5.37. The van der Waals surface area contributed by atoms with Gasteiger partial charge in [0.15, 0.2) is 0 Å². The number of hydrogen-bond acceptors (Lipinski definition) is 4. The molecule has 1 N–H and O–H groups in total. The Labute approximate surface area is 182 Å². The van der Waals surface area contributed by atoms with Crippen molar-refractivity contribution in [3.63, 3.8) is 0 Å². The van der Waals surface area contributed by atoms with Crippen LogP contribution in [0.5, 0.6) is 0 Å². The summed E-state index contributed by atoms with van der Waals surface area (Å²) in [6.07, 6.45) is 2.77. The third-order valence-corrected chi connectivity index (χ3v) is 6.39. The van der Waals surface area contributed by atoms with Crippen LogP contribution in [0.4, 0.5) is 14.9 Å². The van der Waals surface area contributed by atoms with Crippen molar-refractivity contribution in [1.82, 2.24) is 10.2 Å². The monoisotopic (exact) mass is 447 g/mol. The highest BCUT2D eigenvalue weighted by atomic mass is 35.5. The highest BCUT2D eigenvalue weighted by Gasteiger charge is 2.48. The van der Waals surface area contributed by atoms with Crippen molar-refractivity contribution in [2.75, 3.05) is 17.7 Å². The maximum atomic E-state index is 13.3. The Morgan fingerprint density at radius 3 is 2.77 bits per heavy atom. The lowest BCUT2D eigenvalue weighted by Gasteiger charge is -2.32. The van der Waals surface area contributed by atoms with Gasteiger partial charge in [-0.2, -0.15) is 0 Å². The van der Waals surface area contributed by atoms with Gasteiger partial charge in [0.2, 0.25) is 0 Å². The fourth-order valence-electron chi connectivity index (χ4n) is 3.82. The molecule has 4 rings (SSSR count). The van der Waals surface area contributed by atoms with E-state index in [-0.39, 0.29) is 28.6 Å². The first-order valence-corrected chi connectivity index (χ1v) is 11.0. The molecule has 2 atom stereocenters. The lowest BCUT2D eigenvalue weighted by molar-refractivity contribution is -0.120. The summed E-state index contributed by atoms with van der Waals surface area (Å²) in [5.41, 5.74) is 0.793. The topological polar surface area (TPSA) is 69.7 Å². The zero-order valence-electron chi connectivity index (χ0n) is 16.1. The van der Waals surface area contributed by atoms with Crippen molar-refractivity contribution in [3.8, 4) is 0 Å². The van der Waals surface area contributed by atoms with E-state index < -0.39 is 17.8 Å². The van der Waals surface area contributed by atoms with Gasteiger partial charge in [-0.3, -0.25) is 9.59 Å². The summed E-state index contributed by atoms with van der Waals surface area (Å²) < 4.78 is 13.3.